The Labute approximate surface area is 147 Å². The summed E-state index contributed by atoms with van der Waals surface area (Å²) in [5.41, 5.74) is 1.39. The van der Waals surface area contributed by atoms with Gasteiger partial charge in [-0.05, 0) is 82.5 Å². The van der Waals surface area contributed by atoms with Gasteiger partial charge in [0, 0.05) is 32.1 Å². The quantitative estimate of drug-likeness (QED) is 0.679. The van der Waals surface area contributed by atoms with Crippen LogP contribution in [0, 0.1) is 0 Å². The third-order valence-electron chi connectivity index (χ3n) is 2.73. The Morgan fingerprint density at radius 1 is 1.14 bits per heavy atom. The third kappa shape index (κ3) is 5.74. The second-order valence-electron chi connectivity index (χ2n) is 5.79. The Kier molecular flexibility index (Phi) is 5.88. The minimum atomic E-state index is 0.126. The number of nitrogens with zero attached hydrogens (tertiary/aromatic N) is 1. The van der Waals surface area contributed by atoms with Crippen LogP contribution >= 0.6 is 43.6 Å². The Balaban J connectivity index is 2.07. The first kappa shape index (κ1) is 17.0. The minimum absolute atomic E-state index is 0.126. The number of aromatic nitrogens is 1. The molecule has 0 atom stereocenters. The van der Waals surface area contributed by atoms with Crippen molar-refractivity contribution in [1.29, 1.82) is 0 Å². The van der Waals surface area contributed by atoms with Crippen molar-refractivity contribution in [3.05, 3.63) is 51.0 Å². The van der Waals surface area contributed by atoms with Gasteiger partial charge in [-0.2, -0.15) is 0 Å². The standard InChI is InChI=1S/C16H18Br2N2S/c1-16(2,3)20-9-11-4-6-14(13(18)8-11)21-15-7-5-12(17)10-19-15/h4-8,10,20H,9H2,1-3H3. The molecule has 0 fully saturated rings. The molecule has 1 N–H and O–H groups in total. The lowest BCUT2D eigenvalue weighted by Crippen LogP contribution is -2.35. The van der Waals surface area contributed by atoms with Gasteiger partial charge in [-0.25, -0.2) is 4.98 Å². The molecule has 0 amide bonds. The first-order valence-electron chi connectivity index (χ1n) is 6.66. The van der Waals surface area contributed by atoms with E-state index in [9.17, 15) is 0 Å². The van der Waals surface area contributed by atoms with E-state index in [4.69, 9.17) is 0 Å². The highest BCUT2D eigenvalue weighted by atomic mass is 79.9. The lowest BCUT2D eigenvalue weighted by atomic mass is 10.1. The first-order valence-corrected chi connectivity index (χ1v) is 9.07. The molecule has 0 aliphatic rings. The van der Waals surface area contributed by atoms with E-state index in [1.807, 2.05) is 18.3 Å². The summed E-state index contributed by atoms with van der Waals surface area (Å²) in [4.78, 5) is 5.56. The summed E-state index contributed by atoms with van der Waals surface area (Å²) in [6, 6.07) is 10.5. The maximum Gasteiger partial charge on any atom is 0.101 e. The van der Waals surface area contributed by atoms with Crippen molar-refractivity contribution in [2.45, 2.75) is 42.8 Å². The smallest absolute Gasteiger partial charge is 0.101 e. The van der Waals surface area contributed by atoms with Crippen LogP contribution < -0.4 is 5.32 Å². The average molecular weight is 430 g/mol. The number of nitrogens with one attached hydrogen (secondary N) is 1. The van der Waals surface area contributed by atoms with Crippen LogP contribution in [0.1, 0.15) is 26.3 Å². The van der Waals surface area contributed by atoms with E-state index in [0.29, 0.717) is 0 Å². The predicted octanol–water partition coefficient (Wildman–Crippen LogP) is 5.65. The Hall–Kier alpha value is -0.360. The van der Waals surface area contributed by atoms with E-state index >= 15 is 0 Å². The normalized spacial score (nSPS) is 11.7. The molecule has 2 rings (SSSR count). The third-order valence-corrected chi connectivity index (χ3v) is 5.15. The number of benzene rings is 1. The van der Waals surface area contributed by atoms with Gasteiger partial charge < -0.3 is 5.32 Å². The highest BCUT2D eigenvalue weighted by Crippen LogP contribution is 2.33. The fraction of sp³-hybridized carbons (Fsp3) is 0.312. The molecular formula is C16H18Br2N2S. The zero-order chi connectivity index (χ0) is 15.5. The van der Waals surface area contributed by atoms with Gasteiger partial charge >= 0.3 is 0 Å². The zero-order valence-electron chi connectivity index (χ0n) is 12.3. The van der Waals surface area contributed by atoms with Crippen LogP contribution in [-0.2, 0) is 6.54 Å². The maximum atomic E-state index is 4.39. The van der Waals surface area contributed by atoms with Gasteiger partial charge in [0.15, 0.2) is 0 Å². The van der Waals surface area contributed by atoms with Gasteiger partial charge in [0.2, 0.25) is 0 Å². The number of hydrogen-bond acceptors (Lipinski definition) is 3. The molecule has 0 bridgehead atoms. The van der Waals surface area contributed by atoms with E-state index < -0.39 is 0 Å². The summed E-state index contributed by atoms with van der Waals surface area (Å²) >= 11 is 8.71. The topological polar surface area (TPSA) is 24.9 Å². The molecule has 0 radical (unpaired) electrons. The van der Waals surface area contributed by atoms with Crippen LogP contribution in [-0.4, -0.2) is 10.5 Å². The highest BCUT2D eigenvalue weighted by Gasteiger charge is 2.10. The van der Waals surface area contributed by atoms with E-state index in [2.05, 4.69) is 81.1 Å². The minimum Gasteiger partial charge on any atom is -0.308 e. The van der Waals surface area contributed by atoms with Crippen molar-refractivity contribution >= 4 is 43.6 Å². The van der Waals surface area contributed by atoms with Gasteiger partial charge in [-0.1, -0.05) is 17.8 Å². The first-order chi connectivity index (χ1) is 9.83. The van der Waals surface area contributed by atoms with Gasteiger partial charge in [0.05, 0.1) is 0 Å². The lowest BCUT2D eigenvalue weighted by Gasteiger charge is -2.20. The number of rotatable bonds is 4. The summed E-state index contributed by atoms with van der Waals surface area (Å²) in [7, 11) is 0. The van der Waals surface area contributed by atoms with Crippen molar-refractivity contribution < 1.29 is 0 Å². The van der Waals surface area contributed by atoms with Crippen LogP contribution in [0.15, 0.2) is 55.4 Å². The number of hydrogen-bond donors (Lipinski definition) is 1. The van der Waals surface area contributed by atoms with E-state index in [1.54, 1.807) is 11.8 Å². The van der Waals surface area contributed by atoms with Crippen LogP contribution in [0.4, 0.5) is 0 Å². The van der Waals surface area contributed by atoms with Gasteiger partial charge in [-0.15, -0.1) is 0 Å². The molecule has 112 valence electrons. The van der Waals surface area contributed by atoms with Crippen molar-refractivity contribution in [2.24, 2.45) is 0 Å². The molecule has 0 saturated heterocycles. The molecule has 1 aromatic carbocycles. The summed E-state index contributed by atoms with van der Waals surface area (Å²) < 4.78 is 2.10. The van der Waals surface area contributed by atoms with Crippen molar-refractivity contribution in [3.8, 4) is 0 Å². The number of halogens is 2. The van der Waals surface area contributed by atoms with Gasteiger partial charge in [0.25, 0.3) is 0 Å². The largest absolute Gasteiger partial charge is 0.308 e. The number of pyridine rings is 1. The average Bonchev–Trinajstić information content (AvgIpc) is 2.41. The lowest BCUT2D eigenvalue weighted by molar-refractivity contribution is 0.424. The molecule has 0 aliphatic carbocycles. The maximum absolute atomic E-state index is 4.39. The van der Waals surface area contributed by atoms with Crippen LogP contribution in [0.3, 0.4) is 0 Å². The predicted molar refractivity (Wildman–Crippen MR) is 96.8 cm³/mol. The molecule has 1 aromatic heterocycles. The molecule has 0 unspecified atom stereocenters. The molecule has 1 heterocycles. The summed E-state index contributed by atoms with van der Waals surface area (Å²) in [5, 5.41) is 4.48. The molecule has 0 saturated carbocycles. The second-order valence-corrected chi connectivity index (χ2v) is 8.62. The zero-order valence-corrected chi connectivity index (χ0v) is 16.3. The molecular weight excluding hydrogens is 412 g/mol. The summed E-state index contributed by atoms with van der Waals surface area (Å²) in [5.74, 6) is 0. The van der Waals surface area contributed by atoms with E-state index in [0.717, 1.165) is 20.5 Å². The van der Waals surface area contributed by atoms with Crippen molar-refractivity contribution in [1.82, 2.24) is 10.3 Å². The fourth-order valence-corrected chi connectivity index (χ4v) is 3.30. The Morgan fingerprint density at radius 2 is 1.90 bits per heavy atom. The van der Waals surface area contributed by atoms with Gasteiger partial charge in [0.1, 0.15) is 5.03 Å². The molecule has 5 heteroatoms. The van der Waals surface area contributed by atoms with Gasteiger partial charge in [-0.3, -0.25) is 0 Å². The molecule has 2 nitrogen and oxygen atoms in total. The SMILES string of the molecule is CC(C)(C)NCc1ccc(Sc2ccc(Br)cn2)c(Br)c1. The molecule has 0 aliphatic heterocycles. The van der Waals surface area contributed by atoms with Crippen LogP contribution in [0.2, 0.25) is 0 Å². The fourth-order valence-electron chi connectivity index (χ4n) is 1.64. The van der Waals surface area contributed by atoms with E-state index in [1.165, 1.54) is 10.5 Å². The van der Waals surface area contributed by atoms with Crippen LogP contribution in [0.25, 0.3) is 0 Å². The van der Waals surface area contributed by atoms with Crippen molar-refractivity contribution in [2.75, 3.05) is 0 Å². The molecule has 2 aromatic rings. The van der Waals surface area contributed by atoms with E-state index in [-0.39, 0.29) is 5.54 Å². The molecule has 0 spiro atoms. The monoisotopic (exact) mass is 428 g/mol. The van der Waals surface area contributed by atoms with Crippen molar-refractivity contribution in [3.63, 3.8) is 0 Å². The van der Waals surface area contributed by atoms with Crippen LogP contribution in [0.5, 0.6) is 0 Å². The highest BCUT2D eigenvalue weighted by molar-refractivity contribution is 9.10. The Bertz CT molecular complexity index is 607. The Morgan fingerprint density at radius 3 is 2.48 bits per heavy atom. The molecule has 21 heavy (non-hydrogen) atoms. The summed E-state index contributed by atoms with van der Waals surface area (Å²) in [6.07, 6.45) is 1.82. The summed E-state index contributed by atoms with van der Waals surface area (Å²) in [6.45, 7) is 7.38. The second kappa shape index (κ2) is 7.27.